The van der Waals surface area contributed by atoms with E-state index in [1.54, 1.807) is 0 Å². The van der Waals surface area contributed by atoms with Gasteiger partial charge in [-0.2, -0.15) is 0 Å². The van der Waals surface area contributed by atoms with E-state index in [0.29, 0.717) is 6.04 Å². The molecule has 1 heterocycles. The van der Waals surface area contributed by atoms with Crippen LogP contribution in [0.1, 0.15) is 56.6 Å². The summed E-state index contributed by atoms with van der Waals surface area (Å²) < 4.78 is 1.62. The minimum atomic E-state index is 0.350. The summed E-state index contributed by atoms with van der Waals surface area (Å²) in [7, 11) is 2.01. The van der Waals surface area contributed by atoms with Crippen LogP contribution in [0.4, 0.5) is 0 Å². The molecule has 1 fully saturated rings. The van der Waals surface area contributed by atoms with E-state index in [1.807, 2.05) is 13.1 Å². The Morgan fingerprint density at radius 2 is 2.06 bits per heavy atom. The van der Waals surface area contributed by atoms with Crippen molar-refractivity contribution in [2.24, 2.45) is 5.92 Å². The van der Waals surface area contributed by atoms with Gasteiger partial charge in [-0.1, -0.05) is 55.3 Å². The minimum absolute atomic E-state index is 0.350. The maximum Gasteiger partial charge on any atom is 0.0991 e. The molecule has 1 nitrogen and oxygen atoms in total. The number of rotatable bonds is 5. The van der Waals surface area contributed by atoms with Crippen LogP contribution in [0, 0.1) is 5.92 Å². The summed E-state index contributed by atoms with van der Waals surface area (Å²) >= 11 is 13.7. The van der Waals surface area contributed by atoms with Crippen LogP contribution in [0.3, 0.4) is 0 Å². The summed E-state index contributed by atoms with van der Waals surface area (Å²) in [6.07, 6.45) is 9.55. The summed E-state index contributed by atoms with van der Waals surface area (Å²) in [5.41, 5.74) is 1.17. The zero-order valence-corrected chi connectivity index (χ0v) is 13.2. The van der Waals surface area contributed by atoms with E-state index in [0.717, 1.165) is 21.0 Å². The first-order valence-corrected chi connectivity index (χ1v) is 8.40. The Morgan fingerprint density at radius 3 is 2.61 bits per heavy atom. The molecule has 2 rings (SSSR count). The third-order valence-electron chi connectivity index (χ3n) is 4.00. The monoisotopic (exact) mass is 305 g/mol. The summed E-state index contributed by atoms with van der Waals surface area (Å²) in [6, 6.07) is 2.36. The van der Waals surface area contributed by atoms with E-state index < -0.39 is 0 Å². The fourth-order valence-corrected chi connectivity index (χ4v) is 4.50. The SMILES string of the molecule is CNC(CCC1CCCCC1)c1cc(Cl)sc1Cl. The zero-order valence-electron chi connectivity index (χ0n) is 10.8. The van der Waals surface area contributed by atoms with Crippen LogP contribution < -0.4 is 5.32 Å². The molecule has 102 valence electrons. The summed E-state index contributed by atoms with van der Waals surface area (Å²) in [6.45, 7) is 0. The molecule has 1 N–H and O–H groups in total. The minimum Gasteiger partial charge on any atom is -0.313 e. The van der Waals surface area contributed by atoms with Crippen molar-refractivity contribution in [1.82, 2.24) is 5.32 Å². The van der Waals surface area contributed by atoms with Crippen molar-refractivity contribution in [2.45, 2.75) is 51.0 Å². The predicted molar refractivity (Wildman–Crippen MR) is 81.9 cm³/mol. The fourth-order valence-electron chi connectivity index (χ4n) is 2.92. The van der Waals surface area contributed by atoms with Gasteiger partial charge in [0, 0.05) is 11.6 Å². The highest BCUT2D eigenvalue weighted by atomic mass is 35.5. The third kappa shape index (κ3) is 3.86. The third-order valence-corrected chi connectivity index (χ3v) is 5.51. The lowest BCUT2D eigenvalue weighted by molar-refractivity contribution is 0.317. The fraction of sp³-hybridized carbons (Fsp3) is 0.714. The van der Waals surface area contributed by atoms with Gasteiger partial charge in [0.05, 0.1) is 8.67 Å². The first-order valence-electron chi connectivity index (χ1n) is 6.82. The molecular weight excluding hydrogens is 285 g/mol. The van der Waals surface area contributed by atoms with Crippen LogP contribution in [-0.2, 0) is 0 Å². The van der Waals surface area contributed by atoms with Crippen molar-refractivity contribution >= 4 is 34.5 Å². The van der Waals surface area contributed by atoms with Crippen molar-refractivity contribution < 1.29 is 0 Å². The van der Waals surface area contributed by atoms with Crippen LogP contribution in [0.25, 0.3) is 0 Å². The van der Waals surface area contributed by atoms with Gasteiger partial charge >= 0.3 is 0 Å². The normalized spacial score (nSPS) is 19.1. The molecule has 0 bridgehead atoms. The van der Waals surface area contributed by atoms with E-state index in [9.17, 15) is 0 Å². The second kappa shape index (κ2) is 7.14. The largest absolute Gasteiger partial charge is 0.313 e. The van der Waals surface area contributed by atoms with Crippen molar-refractivity contribution in [3.05, 3.63) is 20.3 Å². The van der Waals surface area contributed by atoms with Gasteiger partial charge in [0.25, 0.3) is 0 Å². The van der Waals surface area contributed by atoms with Crippen LogP contribution in [0.15, 0.2) is 6.07 Å². The van der Waals surface area contributed by atoms with Crippen molar-refractivity contribution in [1.29, 1.82) is 0 Å². The average Bonchev–Trinajstić information content (AvgIpc) is 2.71. The number of halogens is 2. The summed E-state index contributed by atoms with van der Waals surface area (Å²) in [5.74, 6) is 0.919. The van der Waals surface area contributed by atoms with E-state index in [2.05, 4.69) is 5.32 Å². The Kier molecular flexibility index (Phi) is 5.81. The number of hydrogen-bond acceptors (Lipinski definition) is 2. The van der Waals surface area contributed by atoms with Crippen LogP contribution in [-0.4, -0.2) is 7.05 Å². The second-order valence-corrected chi connectivity index (χ2v) is 7.49. The van der Waals surface area contributed by atoms with Gasteiger partial charge in [-0.25, -0.2) is 0 Å². The molecular formula is C14H21Cl2NS. The molecule has 18 heavy (non-hydrogen) atoms. The standard InChI is InChI=1S/C14H21Cl2NS/c1-17-12(11-9-13(15)18-14(11)16)8-7-10-5-3-2-4-6-10/h9-10,12,17H,2-8H2,1H3. The van der Waals surface area contributed by atoms with Crippen molar-refractivity contribution in [2.75, 3.05) is 7.05 Å². The lowest BCUT2D eigenvalue weighted by atomic mass is 9.85. The highest BCUT2D eigenvalue weighted by Gasteiger charge is 2.19. The number of hydrogen-bond donors (Lipinski definition) is 1. The molecule has 1 aromatic heterocycles. The average molecular weight is 306 g/mol. The molecule has 4 heteroatoms. The lowest BCUT2D eigenvalue weighted by Crippen LogP contribution is -2.18. The van der Waals surface area contributed by atoms with Crippen LogP contribution >= 0.6 is 34.5 Å². The molecule has 0 amide bonds. The van der Waals surface area contributed by atoms with Gasteiger partial charge < -0.3 is 5.32 Å². The van der Waals surface area contributed by atoms with E-state index in [1.165, 1.54) is 55.4 Å². The molecule has 0 aromatic carbocycles. The number of nitrogens with one attached hydrogen (secondary N) is 1. The van der Waals surface area contributed by atoms with Gasteiger partial charge in [-0.3, -0.25) is 0 Å². The summed E-state index contributed by atoms with van der Waals surface area (Å²) in [5, 5.41) is 3.38. The van der Waals surface area contributed by atoms with Gasteiger partial charge in [0.1, 0.15) is 0 Å². The van der Waals surface area contributed by atoms with Crippen molar-refractivity contribution in [3.63, 3.8) is 0 Å². The highest BCUT2D eigenvalue weighted by Crippen LogP contribution is 2.37. The van der Waals surface area contributed by atoms with Gasteiger partial charge in [0.15, 0.2) is 0 Å². The Balaban J connectivity index is 1.90. The molecule has 1 aromatic rings. The van der Waals surface area contributed by atoms with Crippen LogP contribution in [0.5, 0.6) is 0 Å². The molecule has 1 unspecified atom stereocenters. The van der Waals surface area contributed by atoms with E-state index in [4.69, 9.17) is 23.2 Å². The topological polar surface area (TPSA) is 12.0 Å². The quantitative estimate of drug-likeness (QED) is 0.738. The Labute approximate surface area is 124 Å². The lowest BCUT2D eigenvalue weighted by Gasteiger charge is -2.24. The molecule has 1 saturated carbocycles. The van der Waals surface area contributed by atoms with Crippen LogP contribution in [0.2, 0.25) is 8.67 Å². The zero-order chi connectivity index (χ0) is 13.0. The molecule has 0 radical (unpaired) electrons. The van der Waals surface area contributed by atoms with Gasteiger partial charge in [-0.15, -0.1) is 11.3 Å². The maximum atomic E-state index is 6.23. The maximum absolute atomic E-state index is 6.23. The molecule has 1 aliphatic carbocycles. The summed E-state index contributed by atoms with van der Waals surface area (Å²) in [4.78, 5) is 0. The Bertz CT molecular complexity index is 372. The first-order chi connectivity index (χ1) is 8.70. The Hall–Kier alpha value is 0.240. The molecule has 0 spiro atoms. The molecule has 1 atom stereocenters. The van der Waals surface area contributed by atoms with Gasteiger partial charge in [0.2, 0.25) is 0 Å². The molecule has 0 aliphatic heterocycles. The molecule has 1 aliphatic rings. The second-order valence-electron chi connectivity index (χ2n) is 5.20. The highest BCUT2D eigenvalue weighted by molar-refractivity contribution is 7.20. The Morgan fingerprint density at radius 1 is 1.33 bits per heavy atom. The van der Waals surface area contributed by atoms with E-state index in [-0.39, 0.29) is 0 Å². The van der Waals surface area contributed by atoms with Crippen molar-refractivity contribution in [3.8, 4) is 0 Å². The number of thiophene rings is 1. The molecule has 0 saturated heterocycles. The van der Waals surface area contributed by atoms with E-state index >= 15 is 0 Å². The predicted octanol–water partition coefficient (Wildman–Crippen LogP) is 5.68. The first kappa shape index (κ1) is 14.6. The smallest absolute Gasteiger partial charge is 0.0991 e. The van der Waals surface area contributed by atoms with Gasteiger partial charge in [-0.05, 0) is 31.9 Å².